The summed E-state index contributed by atoms with van der Waals surface area (Å²) in [5, 5.41) is 10.7. The van der Waals surface area contributed by atoms with Gasteiger partial charge in [-0.3, -0.25) is 0 Å². The van der Waals surface area contributed by atoms with Crippen molar-refractivity contribution in [1.82, 2.24) is 0 Å². The van der Waals surface area contributed by atoms with Gasteiger partial charge < -0.3 is 5.11 Å². The van der Waals surface area contributed by atoms with E-state index in [1.807, 2.05) is 0 Å². The molecule has 1 fully saturated rings. The third-order valence-corrected chi connectivity index (χ3v) is 6.73. The number of hydrogen-bond acceptors (Lipinski definition) is 1. The largest absolute Gasteiger partial charge is 0.507 e. The molecule has 0 spiro atoms. The number of phenols is 1. The molecule has 1 aliphatic carbocycles. The lowest BCUT2D eigenvalue weighted by Crippen LogP contribution is -2.29. The fraction of sp³-hybridized carbons (Fsp3) is 0.778. The van der Waals surface area contributed by atoms with E-state index in [2.05, 4.69) is 46.8 Å². The standard InChI is InChI=1S/C27H46O/c1-21(2)17-24-19-25(18-23(5)26(24)28)27(20-22(3)4)15-13-11-9-7-6-8-10-12-14-16-27/h18-19,21-22,28H,6-17,20H2,1-5H3. The van der Waals surface area contributed by atoms with Gasteiger partial charge in [0.25, 0.3) is 0 Å². The fourth-order valence-corrected chi connectivity index (χ4v) is 5.44. The molecule has 0 bridgehead atoms. The highest BCUT2D eigenvalue weighted by atomic mass is 16.3. The maximum atomic E-state index is 10.7. The van der Waals surface area contributed by atoms with E-state index in [4.69, 9.17) is 0 Å². The van der Waals surface area contributed by atoms with Gasteiger partial charge in [0, 0.05) is 0 Å². The van der Waals surface area contributed by atoms with Gasteiger partial charge in [0.1, 0.15) is 5.75 Å². The minimum absolute atomic E-state index is 0.289. The van der Waals surface area contributed by atoms with E-state index < -0.39 is 0 Å². The molecule has 28 heavy (non-hydrogen) atoms. The van der Waals surface area contributed by atoms with Gasteiger partial charge in [-0.25, -0.2) is 0 Å². The van der Waals surface area contributed by atoms with Crippen LogP contribution in [0.4, 0.5) is 0 Å². The zero-order valence-electron chi connectivity index (χ0n) is 19.4. The van der Waals surface area contributed by atoms with Gasteiger partial charge in [-0.2, -0.15) is 0 Å². The number of rotatable bonds is 5. The Balaban J connectivity index is 2.40. The number of aromatic hydroxyl groups is 1. The van der Waals surface area contributed by atoms with E-state index in [0.717, 1.165) is 12.0 Å². The first kappa shape index (κ1) is 23.3. The van der Waals surface area contributed by atoms with Crippen molar-refractivity contribution in [2.75, 3.05) is 0 Å². The molecule has 0 aliphatic heterocycles. The molecule has 1 N–H and O–H groups in total. The number of aryl methyl sites for hydroxylation is 1. The maximum Gasteiger partial charge on any atom is 0.121 e. The molecule has 0 atom stereocenters. The number of hydrogen-bond donors (Lipinski definition) is 1. The summed E-state index contributed by atoms with van der Waals surface area (Å²) in [7, 11) is 0. The van der Waals surface area contributed by atoms with E-state index in [-0.39, 0.29) is 5.41 Å². The molecule has 0 saturated heterocycles. The second-order valence-electron chi connectivity index (χ2n) is 10.5. The molecule has 1 nitrogen and oxygen atoms in total. The molecule has 1 heteroatoms. The molecule has 1 aromatic carbocycles. The molecule has 1 saturated carbocycles. The monoisotopic (exact) mass is 386 g/mol. The van der Waals surface area contributed by atoms with E-state index in [0.29, 0.717) is 17.6 Å². The minimum Gasteiger partial charge on any atom is -0.507 e. The molecular weight excluding hydrogens is 340 g/mol. The summed E-state index contributed by atoms with van der Waals surface area (Å²) in [6.07, 6.45) is 17.5. The SMILES string of the molecule is Cc1cc(C2(CC(C)C)CCCCCCCCCCC2)cc(CC(C)C)c1O. The predicted octanol–water partition coefficient (Wildman–Crippen LogP) is 8.49. The first-order chi connectivity index (χ1) is 13.3. The summed E-state index contributed by atoms with van der Waals surface area (Å²) < 4.78 is 0. The average molecular weight is 387 g/mol. The second kappa shape index (κ2) is 11.3. The Hall–Kier alpha value is -0.980. The normalized spacial score (nSPS) is 19.4. The van der Waals surface area contributed by atoms with Crippen LogP contribution in [-0.2, 0) is 11.8 Å². The molecule has 0 heterocycles. The summed E-state index contributed by atoms with van der Waals surface area (Å²) in [6, 6.07) is 4.71. The van der Waals surface area contributed by atoms with Crippen LogP contribution in [0.3, 0.4) is 0 Å². The smallest absolute Gasteiger partial charge is 0.121 e. The summed E-state index contributed by atoms with van der Waals surface area (Å²) >= 11 is 0. The van der Waals surface area contributed by atoms with Crippen LogP contribution in [0, 0.1) is 18.8 Å². The van der Waals surface area contributed by atoms with Gasteiger partial charge in [0.05, 0.1) is 0 Å². The first-order valence-electron chi connectivity index (χ1n) is 12.2. The van der Waals surface area contributed by atoms with Crippen molar-refractivity contribution in [1.29, 1.82) is 0 Å². The molecule has 0 radical (unpaired) electrons. The Morgan fingerprint density at radius 2 is 1.29 bits per heavy atom. The highest BCUT2D eigenvalue weighted by Gasteiger charge is 2.33. The molecular formula is C27H46O. The van der Waals surface area contributed by atoms with E-state index in [1.165, 1.54) is 88.2 Å². The Morgan fingerprint density at radius 1 is 0.786 bits per heavy atom. The molecule has 0 aromatic heterocycles. The lowest BCUT2D eigenvalue weighted by Gasteiger charge is -2.38. The zero-order chi connectivity index (χ0) is 20.6. The van der Waals surface area contributed by atoms with Gasteiger partial charge in [-0.15, -0.1) is 0 Å². The topological polar surface area (TPSA) is 20.2 Å². The Kier molecular flexibility index (Phi) is 9.38. The molecule has 2 rings (SSSR count). The lowest BCUT2D eigenvalue weighted by atomic mass is 9.67. The summed E-state index contributed by atoms with van der Waals surface area (Å²) in [4.78, 5) is 0. The Bertz CT molecular complexity index is 572. The highest BCUT2D eigenvalue weighted by molar-refractivity contribution is 5.45. The van der Waals surface area contributed by atoms with Crippen LogP contribution in [0.15, 0.2) is 12.1 Å². The van der Waals surface area contributed by atoms with E-state index >= 15 is 0 Å². The average Bonchev–Trinajstić information content (AvgIpc) is 2.60. The molecule has 0 unspecified atom stereocenters. The molecule has 0 amide bonds. The quantitative estimate of drug-likeness (QED) is 0.538. The Morgan fingerprint density at radius 3 is 1.75 bits per heavy atom. The van der Waals surface area contributed by atoms with E-state index in [1.54, 1.807) is 0 Å². The lowest BCUT2D eigenvalue weighted by molar-refractivity contribution is 0.272. The van der Waals surface area contributed by atoms with Crippen molar-refractivity contribution in [3.63, 3.8) is 0 Å². The van der Waals surface area contributed by atoms with Crippen LogP contribution < -0.4 is 0 Å². The van der Waals surface area contributed by atoms with Gasteiger partial charge >= 0.3 is 0 Å². The van der Waals surface area contributed by atoms with Crippen molar-refractivity contribution in [2.24, 2.45) is 11.8 Å². The predicted molar refractivity (Wildman–Crippen MR) is 123 cm³/mol. The summed E-state index contributed by atoms with van der Waals surface area (Å²) in [5.41, 5.74) is 4.04. The molecule has 160 valence electrons. The van der Waals surface area contributed by atoms with Crippen LogP contribution >= 0.6 is 0 Å². The molecule has 1 aliphatic rings. The van der Waals surface area contributed by atoms with Crippen molar-refractivity contribution in [3.8, 4) is 5.75 Å². The molecule has 1 aromatic rings. The van der Waals surface area contributed by atoms with Crippen LogP contribution in [-0.4, -0.2) is 5.11 Å². The first-order valence-corrected chi connectivity index (χ1v) is 12.2. The maximum absolute atomic E-state index is 10.7. The van der Waals surface area contributed by atoms with Crippen LogP contribution in [0.25, 0.3) is 0 Å². The minimum atomic E-state index is 0.289. The number of phenolic OH excluding ortho intramolecular Hbond substituents is 1. The third-order valence-electron chi connectivity index (χ3n) is 6.73. The van der Waals surface area contributed by atoms with Gasteiger partial charge in [-0.05, 0) is 66.5 Å². The second-order valence-corrected chi connectivity index (χ2v) is 10.5. The van der Waals surface area contributed by atoms with Crippen LogP contribution in [0.5, 0.6) is 5.75 Å². The zero-order valence-corrected chi connectivity index (χ0v) is 19.4. The van der Waals surface area contributed by atoms with Gasteiger partial charge in [-0.1, -0.05) is 97.6 Å². The van der Waals surface area contributed by atoms with Crippen LogP contribution in [0.2, 0.25) is 0 Å². The van der Waals surface area contributed by atoms with Crippen molar-refractivity contribution in [2.45, 2.75) is 124 Å². The summed E-state index contributed by atoms with van der Waals surface area (Å²) in [6.45, 7) is 11.4. The van der Waals surface area contributed by atoms with E-state index in [9.17, 15) is 5.11 Å². The van der Waals surface area contributed by atoms with Crippen molar-refractivity contribution in [3.05, 3.63) is 28.8 Å². The van der Waals surface area contributed by atoms with Gasteiger partial charge in [0.15, 0.2) is 0 Å². The van der Waals surface area contributed by atoms with Crippen molar-refractivity contribution >= 4 is 0 Å². The van der Waals surface area contributed by atoms with Crippen molar-refractivity contribution < 1.29 is 5.11 Å². The number of benzene rings is 1. The fourth-order valence-electron chi connectivity index (χ4n) is 5.44. The third kappa shape index (κ3) is 6.82. The van der Waals surface area contributed by atoms with Crippen LogP contribution in [0.1, 0.15) is 121 Å². The highest BCUT2D eigenvalue weighted by Crippen LogP contribution is 2.44. The summed E-state index contributed by atoms with van der Waals surface area (Å²) in [5.74, 6) is 1.80. The Labute approximate surface area is 175 Å². The van der Waals surface area contributed by atoms with Gasteiger partial charge in [0.2, 0.25) is 0 Å².